The molecule has 2 aromatic rings. The first-order valence-corrected chi connectivity index (χ1v) is 8.60. The van der Waals surface area contributed by atoms with Crippen molar-refractivity contribution in [2.75, 3.05) is 6.54 Å². The molecule has 1 amide bonds. The number of nitrogens with two attached hydrogens (primary N) is 1. The molecule has 0 spiro atoms. The molecule has 1 heterocycles. The monoisotopic (exact) mass is 513 g/mol. The van der Waals surface area contributed by atoms with Gasteiger partial charge in [0.05, 0.1) is 13.1 Å². The number of carbonyl (C=O) groups excluding carboxylic acids is 1. The van der Waals surface area contributed by atoms with Crippen LogP contribution in [0.3, 0.4) is 0 Å². The third kappa shape index (κ3) is 7.33. The van der Waals surface area contributed by atoms with Crippen LogP contribution in [0.2, 0.25) is 0 Å². The number of halogens is 4. The second kappa shape index (κ2) is 10.4. The fraction of sp³-hybridized carbons (Fsp3) is 0.312. The zero-order chi connectivity index (χ0) is 19.2. The third-order valence-electron chi connectivity index (χ3n) is 3.25. The number of alkyl halides is 3. The Morgan fingerprint density at radius 2 is 1.93 bits per heavy atom. The van der Waals surface area contributed by atoms with Gasteiger partial charge < -0.3 is 16.4 Å². The largest absolute Gasteiger partial charge is 0.434 e. The second-order valence-electron chi connectivity index (χ2n) is 5.23. The minimum Gasteiger partial charge on any atom is -0.366 e. The molecule has 0 aliphatic carbocycles. The first-order chi connectivity index (χ1) is 12.3. The summed E-state index contributed by atoms with van der Waals surface area (Å²) >= 11 is 0.935. The van der Waals surface area contributed by atoms with Crippen molar-refractivity contribution in [3.63, 3.8) is 0 Å². The highest BCUT2D eigenvalue weighted by Gasteiger charge is 2.33. The number of guanidine groups is 1. The summed E-state index contributed by atoms with van der Waals surface area (Å²) in [7, 11) is 0. The standard InChI is InChI=1S/C16H18F3N5OS.HI/c1-2-21-15(22-7-10-3-5-11(6-4-10)14(20)25)23-8-13-24-12(9-26-13)16(17,18)19;/h3-6,9H,2,7-8H2,1H3,(H2,20,25)(H2,21,22,23);1H. The predicted octanol–water partition coefficient (Wildman–Crippen LogP) is 3.13. The van der Waals surface area contributed by atoms with Gasteiger partial charge in [0.25, 0.3) is 0 Å². The Balaban J connectivity index is 0.00000364. The van der Waals surface area contributed by atoms with Gasteiger partial charge in [-0.05, 0) is 24.6 Å². The Kier molecular flexibility index (Phi) is 8.96. The summed E-state index contributed by atoms with van der Waals surface area (Å²) in [5.41, 5.74) is 5.57. The lowest BCUT2D eigenvalue weighted by Gasteiger charge is -2.10. The van der Waals surface area contributed by atoms with Crippen LogP contribution < -0.4 is 16.4 Å². The lowest BCUT2D eigenvalue weighted by molar-refractivity contribution is -0.140. The van der Waals surface area contributed by atoms with Crippen molar-refractivity contribution in [3.05, 3.63) is 51.5 Å². The van der Waals surface area contributed by atoms with Crippen LogP contribution in [0.5, 0.6) is 0 Å². The van der Waals surface area contributed by atoms with E-state index in [4.69, 9.17) is 5.73 Å². The molecule has 6 nitrogen and oxygen atoms in total. The summed E-state index contributed by atoms with van der Waals surface area (Å²) in [4.78, 5) is 19.0. The van der Waals surface area contributed by atoms with Crippen LogP contribution >= 0.6 is 35.3 Å². The van der Waals surface area contributed by atoms with E-state index in [2.05, 4.69) is 20.6 Å². The van der Waals surface area contributed by atoms with Gasteiger partial charge in [-0.15, -0.1) is 35.3 Å². The maximum Gasteiger partial charge on any atom is 0.434 e. The summed E-state index contributed by atoms with van der Waals surface area (Å²) < 4.78 is 37.7. The molecule has 0 atom stereocenters. The Labute approximate surface area is 175 Å². The zero-order valence-electron chi connectivity index (χ0n) is 14.3. The third-order valence-corrected chi connectivity index (χ3v) is 4.10. The summed E-state index contributed by atoms with van der Waals surface area (Å²) in [6.45, 7) is 2.94. The van der Waals surface area contributed by atoms with Crippen LogP contribution in [0, 0.1) is 0 Å². The van der Waals surface area contributed by atoms with Gasteiger partial charge in [0.15, 0.2) is 11.7 Å². The first-order valence-electron chi connectivity index (χ1n) is 7.72. The number of carbonyl (C=O) groups is 1. The molecule has 0 bridgehead atoms. The molecular formula is C16H19F3IN5OS. The normalized spacial score (nSPS) is 11.6. The molecule has 2 rings (SSSR count). The molecule has 27 heavy (non-hydrogen) atoms. The molecular weight excluding hydrogens is 494 g/mol. The molecule has 0 saturated carbocycles. The summed E-state index contributed by atoms with van der Waals surface area (Å²) in [6, 6.07) is 6.71. The smallest absolute Gasteiger partial charge is 0.366 e. The Morgan fingerprint density at radius 1 is 1.26 bits per heavy atom. The van der Waals surface area contributed by atoms with Gasteiger partial charge in [-0.2, -0.15) is 13.2 Å². The molecule has 0 unspecified atom stereocenters. The average Bonchev–Trinajstić information content (AvgIpc) is 3.07. The molecule has 11 heteroatoms. The van der Waals surface area contributed by atoms with Crippen molar-refractivity contribution in [1.29, 1.82) is 0 Å². The minimum atomic E-state index is -4.44. The van der Waals surface area contributed by atoms with E-state index in [9.17, 15) is 18.0 Å². The van der Waals surface area contributed by atoms with E-state index >= 15 is 0 Å². The number of aromatic nitrogens is 1. The van der Waals surface area contributed by atoms with Gasteiger partial charge in [-0.1, -0.05) is 12.1 Å². The molecule has 0 saturated heterocycles. The predicted molar refractivity (Wildman–Crippen MR) is 109 cm³/mol. The van der Waals surface area contributed by atoms with E-state index in [1.54, 1.807) is 24.3 Å². The molecule has 0 fully saturated rings. The van der Waals surface area contributed by atoms with Crippen LogP contribution in [0.25, 0.3) is 0 Å². The Bertz CT molecular complexity index is 777. The second-order valence-corrected chi connectivity index (χ2v) is 6.18. The number of aliphatic imine (C=N–C) groups is 1. The number of nitrogens with zero attached hydrogens (tertiary/aromatic N) is 2. The number of nitrogens with one attached hydrogen (secondary N) is 2. The Hall–Kier alpha value is -1.89. The van der Waals surface area contributed by atoms with Crippen LogP contribution in [-0.2, 0) is 19.3 Å². The van der Waals surface area contributed by atoms with Gasteiger partial charge in [-0.3, -0.25) is 4.79 Å². The van der Waals surface area contributed by atoms with E-state index in [1.165, 1.54) is 0 Å². The molecule has 0 aliphatic rings. The van der Waals surface area contributed by atoms with Crippen molar-refractivity contribution in [3.8, 4) is 0 Å². The topological polar surface area (TPSA) is 92.4 Å². The maximum absolute atomic E-state index is 12.6. The first kappa shape index (κ1) is 23.1. The highest BCUT2D eigenvalue weighted by Crippen LogP contribution is 2.29. The van der Waals surface area contributed by atoms with Crippen molar-refractivity contribution in [1.82, 2.24) is 15.6 Å². The van der Waals surface area contributed by atoms with Crippen LogP contribution in [0.4, 0.5) is 13.2 Å². The van der Waals surface area contributed by atoms with E-state index < -0.39 is 17.8 Å². The summed E-state index contributed by atoms with van der Waals surface area (Å²) in [5.74, 6) is -0.0491. The van der Waals surface area contributed by atoms with E-state index in [-0.39, 0.29) is 30.5 Å². The lowest BCUT2D eigenvalue weighted by atomic mass is 10.1. The fourth-order valence-electron chi connectivity index (χ4n) is 1.97. The van der Waals surface area contributed by atoms with Crippen molar-refractivity contribution >= 4 is 47.2 Å². The number of amides is 1. The van der Waals surface area contributed by atoms with Gasteiger partial charge >= 0.3 is 6.18 Å². The molecule has 1 aromatic carbocycles. The number of primary amides is 1. The summed E-state index contributed by atoms with van der Waals surface area (Å²) in [5, 5.41) is 7.26. The highest BCUT2D eigenvalue weighted by atomic mass is 127. The molecule has 0 radical (unpaired) electrons. The van der Waals surface area contributed by atoms with Gasteiger partial charge in [0, 0.05) is 17.5 Å². The SMILES string of the molecule is CCNC(=NCc1ccc(C(N)=O)cc1)NCc1nc(C(F)(F)F)cs1.I. The summed E-state index contributed by atoms with van der Waals surface area (Å²) in [6.07, 6.45) is -4.44. The van der Waals surface area contributed by atoms with Crippen molar-refractivity contribution in [2.24, 2.45) is 10.7 Å². The van der Waals surface area contributed by atoms with Crippen molar-refractivity contribution < 1.29 is 18.0 Å². The van der Waals surface area contributed by atoms with Gasteiger partial charge in [-0.25, -0.2) is 9.98 Å². The molecule has 0 aliphatic heterocycles. The van der Waals surface area contributed by atoms with Crippen molar-refractivity contribution in [2.45, 2.75) is 26.2 Å². The minimum absolute atomic E-state index is 0. The van der Waals surface area contributed by atoms with Crippen LogP contribution in [0.15, 0.2) is 34.6 Å². The van der Waals surface area contributed by atoms with Gasteiger partial charge in [0.1, 0.15) is 5.01 Å². The van der Waals surface area contributed by atoms with Crippen LogP contribution in [0.1, 0.15) is 33.5 Å². The van der Waals surface area contributed by atoms with E-state index in [0.29, 0.717) is 29.6 Å². The number of hydrogen-bond acceptors (Lipinski definition) is 4. The van der Waals surface area contributed by atoms with Gasteiger partial charge in [0.2, 0.25) is 5.91 Å². The van der Waals surface area contributed by atoms with E-state index in [1.807, 2.05) is 6.92 Å². The Morgan fingerprint density at radius 3 is 2.44 bits per heavy atom. The number of thiazole rings is 1. The lowest BCUT2D eigenvalue weighted by Crippen LogP contribution is -2.36. The van der Waals surface area contributed by atoms with Crippen LogP contribution in [-0.4, -0.2) is 23.4 Å². The fourth-order valence-corrected chi connectivity index (χ4v) is 2.71. The molecule has 148 valence electrons. The quantitative estimate of drug-likeness (QED) is 0.315. The number of rotatable bonds is 6. The maximum atomic E-state index is 12.6. The highest BCUT2D eigenvalue weighted by molar-refractivity contribution is 14.0. The zero-order valence-corrected chi connectivity index (χ0v) is 17.5. The average molecular weight is 513 g/mol. The number of hydrogen-bond donors (Lipinski definition) is 3. The number of benzene rings is 1. The molecule has 1 aromatic heterocycles. The van der Waals surface area contributed by atoms with E-state index in [0.717, 1.165) is 22.3 Å². The molecule has 4 N–H and O–H groups in total.